The van der Waals surface area contributed by atoms with E-state index in [2.05, 4.69) is 54.3 Å². The molecular weight excluding hydrogens is 410 g/mol. The second-order valence-corrected chi connectivity index (χ2v) is 7.15. The molecule has 0 saturated carbocycles. The lowest BCUT2D eigenvalue weighted by atomic mass is 10.1. The zero-order chi connectivity index (χ0) is 15.9. The van der Waals surface area contributed by atoms with Crippen molar-refractivity contribution < 1.29 is 0 Å². The summed E-state index contributed by atoms with van der Waals surface area (Å²) in [6.07, 6.45) is 1.96. The fourth-order valence-corrected chi connectivity index (χ4v) is 3.75. The smallest absolute Gasteiger partial charge is 0.206 e. The minimum Gasteiger partial charge on any atom is -0.342 e. The quantitative estimate of drug-likeness (QED) is 0.798. The Morgan fingerprint density at radius 3 is 2.68 bits per heavy atom. The van der Waals surface area contributed by atoms with Crippen LogP contribution in [0, 0.1) is 11.3 Å². The topological polar surface area (TPSA) is 70.9 Å². The molecule has 0 aliphatic carbocycles. The molecule has 0 amide bonds. The fourth-order valence-electron chi connectivity index (χ4n) is 2.94. The summed E-state index contributed by atoms with van der Waals surface area (Å²) in [6, 6.07) is 4.57. The fraction of sp³-hybridized carbons (Fsp3) is 0.467. The molecule has 0 unspecified atom stereocenters. The molecule has 0 bridgehead atoms. The summed E-state index contributed by atoms with van der Waals surface area (Å²) in [5, 5.41) is 9.48. The summed E-state index contributed by atoms with van der Waals surface area (Å²) in [5.41, 5.74) is 8.31. The number of benzene rings is 1. The van der Waals surface area contributed by atoms with Crippen molar-refractivity contribution in [2.45, 2.75) is 32.4 Å². The van der Waals surface area contributed by atoms with Gasteiger partial charge in [0.25, 0.3) is 0 Å². The molecule has 1 fully saturated rings. The van der Waals surface area contributed by atoms with Crippen LogP contribution in [0.4, 0.5) is 5.95 Å². The summed E-state index contributed by atoms with van der Waals surface area (Å²) in [4.78, 5) is 7.05. The number of nitriles is 1. The van der Waals surface area contributed by atoms with Gasteiger partial charge in [-0.15, -0.1) is 0 Å². The largest absolute Gasteiger partial charge is 0.342 e. The molecule has 2 heterocycles. The molecule has 1 aromatic heterocycles. The first-order chi connectivity index (χ1) is 10.6. The van der Waals surface area contributed by atoms with Gasteiger partial charge in [0.05, 0.1) is 15.6 Å². The number of hydrogen-bond acceptors (Lipinski definition) is 4. The number of nitrogens with zero attached hydrogens (tertiary/aromatic N) is 4. The third-order valence-corrected chi connectivity index (χ3v) is 6.15. The number of halogens is 2. The Bertz CT molecular complexity index is 754. The zero-order valence-electron chi connectivity index (χ0n) is 12.3. The van der Waals surface area contributed by atoms with Crippen LogP contribution < -0.4 is 10.6 Å². The van der Waals surface area contributed by atoms with Crippen molar-refractivity contribution >= 4 is 48.8 Å². The van der Waals surface area contributed by atoms with Crippen molar-refractivity contribution in [3.05, 3.63) is 20.6 Å². The Morgan fingerprint density at radius 2 is 2.09 bits per heavy atom. The van der Waals surface area contributed by atoms with Gasteiger partial charge in [0.15, 0.2) is 0 Å². The van der Waals surface area contributed by atoms with Crippen molar-refractivity contribution in [1.29, 1.82) is 5.26 Å². The molecule has 1 aliphatic heterocycles. The standard InChI is InChI=1S/C15H17Br2N5/c1-2-22-12-7-11(16)13(17)10(8-18)14(12)20-15(22)21-5-3-9(19)4-6-21/h7,9H,2-6,19H2,1H3. The summed E-state index contributed by atoms with van der Waals surface area (Å²) in [5.74, 6) is 0.936. The van der Waals surface area contributed by atoms with Crippen molar-refractivity contribution in [2.24, 2.45) is 5.73 Å². The average Bonchev–Trinajstić information content (AvgIpc) is 2.87. The molecule has 1 aliphatic rings. The second kappa shape index (κ2) is 6.19. The maximum Gasteiger partial charge on any atom is 0.206 e. The van der Waals surface area contributed by atoms with Crippen LogP contribution in [0.25, 0.3) is 11.0 Å². The number of fused-ring (bicyclic) bond motifs is 1. The molecule has 2 N–H and O–H groups in total. The number of rotatable bonds is 2. The molecule has 116 valence electrons. The summed E-state index contributed by atoms with van der Waals surface area (Å²) in [6.45, 7) is 4.74. The van der Waals surface area contributed by atoms with E-state index >= 15 is 0 Å². The lowest BCUT2D eigenvalue weighted by Crippen LogP contribution is -2.40. The highest BCUT2D eigenvalue weighted by Gasteiger charge is 2.23. The van der Waals surface area contributed by atoms with Gasteiger partial charge >= 0.3 is 0 Å². The predicted octanol–water partition coefficient (Wildman–Crippen LogP) is 3.38. The van der Waals surface area contributed by atoms with E-state index in [1.54, 1.807) is 0 Å². The highest BCUT2D eigenvalue weighted by atomic mass is 79.9. The summed E-state index contributed by atoms with van der Waals surface area (Å²) < 4.78 is 3.80. The molecule has 5 nitrogen and oxygen atoms in total. The number of piperidine rings is 1. The molecule has 0 radical (unpaired) electrons. The maximum absolute atomic E-state index is 9.48. The van der Waals surface area contributed by atoms with E-state index in [4.69, 9.17) is 10.7 Å². The van der Waals surface area contributed by atoms with Gasteiger partial charge in [-0.1, -0.05) is 0 Å². The van der Waals surface area contributed by atoms with Gasteiger partial charge in [0.2, 0.25) is 5.95 Å². The van der Waals surface area contributed by atoms with Crippen LogP contribution in [0.15, 0.2) is 15.0 Å². The molecule has 1 aromatic carbocycles. The highest BCUT2D eigenvalue weighted by Crippen LogP contribution is 2.35. The Hall–Kier alpha value is -1.10. The highest BCUT2D eigenvalue weighted by molar-refractivity contribution is 9.13. The lowest BCUT2D eigenvalue weighted by molar-refractivity contribution is 0.491. The average molecular weight is 427 g/mol. The Kier molecular flexibility index (Phi) is 4.44. The number of aryl methyl sites for hydroxylation is 1. The van der Waals surface area contributed by atoms with Gasteiger partial charge in [-0.25, -0.2) is 4.98 Å². The lowest BCUT2D eigenvalue weighted by Gasteiger charge is -2.31. The van der Waals surface area contributed by atoms with Crippen LogP contribution in [0.3, 0.4) is 0 Å². The number of aromatic nitrogens is 2. The van der Waals surface area contributed by atoms with Crippen LogP contribution in [-0.2, 0) is 6.54 Å². The Labute approximate surface area is 146 Å². The molecule has 0 atom stereocenters. The summed E-state index contributed by atoms with van der Waals surface area (Å²) >= 11 is 6.99. The normalized spacial score (nSPS) is 16.2. The van der Waals surface area contributed by atoms with Crippen molar-refractivity contribution in [3.8, 4) is 6.07 Å². The van der Waals surface area contributed by atoms with Crippen LogP contribution in [-0.4, -0.2) is 28.7 Å². The van der Waals surface area contributed by atoms with Crippen LogP contribution in [0.1, 0.15) is 25.3 Å². The molecule has 3 rings (SSSR count). The molecule has 2 aromatic rings. The van der Waals surface area contributed by atoms with Crippen LogP contribution in [0.5, 0.6) is 0 Å². The maximum atomic E-state index is 9.48. The number of imidazole rings is 1. The molecule has 1 saturated heterocycles. The Morgan fingerprint density at radius 1 is 1.41 bits per heavy atom. The van der Waals surface area contributed by atoms with Crippen molar-refractivity contribution in [2.75, 3.05) is 18.0 Å². The molecule has 7 heteroatoms. The second-order valence-electron chi connectivity index (χ2n) is 5.51. The van der Waals surface area contributed by atoms with E-state index in [0.717, 1.165) is 58.4 Å². The summed E-state index contributed by atoms with van der Waals surface area (Å²) in [7, 11) is 0. The number of hydrogen-bond donors (Lipinski definition) is 1. The van der Waals surface area contributed by atoms with Crippen molar-refractivity contribution in [1.82, 2.24) is 9.55 Å². The van der Waals surface area contributed by atoms with Crippen molar-refractivity contribution in [3.63, 3.8) is 0 Å². The first kappa shape index (κ1) is 15.8. The molecule has 22 heavy (non-hydrogen) atoms. The minimum atomic E-state index is 0.286. The van der Waals surface area contributed by atoms with E-state index in [0.29, 0.717) is 5.56 Å². The first-order valence-electron chi connectivity index (χ1n) is 7.35. The van der Waals surface area contributed by atoms with E-state index < -0.39 is 0 Å². The third kappa shape index (κ3) is 2.53. The third-order valence-electron chi connectivity index (χ3n) is 4.17. The Balaban J connectivity index is 2.18. The number of nitrogens with two attached hydrogens (primary N) is 1. The van der Waals surface area contributed by atoms with Crippen LogP contribution in [0.2, 0.25) is 0 Å². The number of anilines is 1. The van der Waals surface area contributed by atoms with Gasteiger partial charge in [0, 0.05) is 30.1 Å². The van der Waals surface area contributed by atoms with E-state index in [1.807, 2.05) is 6.07 Å². The zero-order valence-corrected chi connectivity index (χ0v) is 15.5. The van der Waals surface area contributed by atoms with Gasteiger partial charge in [0.1, 0.15) is 11.6 Å². The molecule has 0 spiro atoms. The predicted molar refractivity (Wildman–Crippen MR) is 94.9 cm³/mol. The van der Waals surface area contributed by atoms with Gasteiger partial charge in [-0.3, -0.25) is 0 Å². The SMILES string of the molecule is CCn1c(N2CCC(N)CC2)nc2c(C#N)c(Br)c(Br)cc21. The van der Waals surface area contributed by atoms with E-state index in [1.165, 1.54) is 0 Å². The van der Waals surface area contributed by atoms with Gasteiger partial charge < -0.3 is 15.2 Å². The van der Waals surface area contributed by atoms with Crippen LogP contribution >= 0.6 is 31.9 Å². The first-order valence-corrected chi connectivity index (χ1v) is 8.94. The monoisotopic (exact) mass is 425 g/mol. The van der Waals surface area contributed by atoms with Gasteiger partial charge in [-0.2, -0.15) is 5.26 Å². The van der Waals surface area contributed by atoms with E-state index in [9.17, 15) is 5.26 Å². The van der Waals surface area contributed by atoms with E-state index in [-0.39, 0.29) is 6.04 Å². The molecular formula is C15H17Br2N5. The minimum absolute atomic E-state index is 0.286. The van der Waals surface area contributed by atoms with Gasteiger partial charge in [-0.05, 0) is 57.7 Å².